The lowest BCUT2D eigenvalue weighted by Gasteiger charge is -2.14. The number of halogens is 2. The Kier molecular flexibility index (Phi) is 8.26. The molecule has 1 amide bonds. The first kappa shape index (κ1) is 19.6. The standard InChI is InChI=1S/C16H17N3OS.2ClH/c20-15(18-10-12-6-8-17-9-7-12)14-11-19-16(21-14)13-4-2-1-3-5-13;;/h1-6,11,17H,7-10H2,(H,18,20);2*1H. The van der Waals surface area contributed by atoms with E-state index in [1.807, 2.05) is 30.3 Å². The number of carbonyl (C=O) groups excluding carboxylic acids is 1. The summed E-state index contributed by atoms with van der Waals surface area (Å²) in [6.45, 7) is 2.50. The van der Waals surface area contributed by atoms with Gasteiger partial charge >= 0.3 is 0 Å². The highest BCUT2D eigenvalue weighted by Crippen LogP contribution is 2.24. The van der Waals surface area contributed by atoms with Crippen molar-refractivity contribution in [1.29, 1.82) is 0 Å². The van der Waals surface area contributed by atoms with Crippen molar-refractivity contribution in [3.8, 4) is 10.6 Å². The Balaban J connectivity index is 0.00000132. The fraction of sp³-hybridized carbons (Fsp3) is 0.250. The number of nitrogens with one attached hydrogen (secondary N) is 2. The lowest BCUT2D eigenvalue weighted by molar-refractivity contribution is 0.0960. The van der Waals surface area contributed by atoms with Crippen LogP contribution in [0.4, 0.5) is 0 Å². The number of rotatable bonds is 4. The molecule has 3 rings (SSSR count). The zero-order valence-corrected chi connectivity index (χ0v) is 14.9. The lowest BCUT2D eigenvalue weighted by atomic mass is 10.1. The summed E-state index contributed by atoms with van der Waals surface area (Å²) < 4.78 is 0. The molecule has 0 aliphatic carbocycles. The number of benzene rings is 1. The number of carbonyl (C=O) groups is 1. The van der Waals surface area contributed by atoms with Crippen molar-refractivity contribution in [3.05, 3.63) is 53.1 Å². The second kappa shape index (κ2) is 9.67. The molecule has 0 fully saturated rings. The summed E-state index contributed by atoms with van der Waals surface area (Å²) in [6.07, 6.45) is 4.79. The summed E-state index contributed by atoms with van der Waals surface area (Å²) >= 11 is 1.43. The van der Waals surface area contributed by atoms with Gasteiger partial charge in [0.25, 0.3) is 5.91 Å². The molecule has 0 saturated heterocycles. The first-order valence-corrected chi connectivity index (χ1v) is 7.82. The molecule has 0 atom stereocenters. The van der Waals surface area contributed by atoms with Gasteiger partial charge in [0.1, 0.15) is 9.88 Å². The van der Waals surface area contributed by atoms with E-state index < -0.39 is 0 Å². The van der Waals surface area contributed by atoms with E-state index in [2.05, 4.69) is 21.7 Å². The van der Waals surface area contributed by atoms with Gasteiger partial charge in [0.15, 0.2) is 0 Å². The maximum Gasteiger partial charge on any atom is 0.263 e. The highest BCUT2D eigenvalue weighted by molar-refractivity contribution is 7.16. The molecular weight excluding hydrogens is 353 g/mol. The van der Waals surface area contributed by atoms with Crippen LogP contribution in [0.1, 0.15) is 16.1 Å². The molecule has 1 aromatic heterocycles. The third-order valence-corrected chi connectivity index (χ3v) is 4.43. The molecule has 0 unspecified atom stereocenters. The van der Waals surface area contributed by atoms with E-state index in [1.54, 1.807) is 6.20 Å². The topological polar surface area (TPSA) is 54.0 Å². The molecule has 0 saturated carbocycles. The summed E-state index contributed by atoms with van der Waals surface area (Å²) in [7, 11) is 0. The van der Waals surface area contributed by atoms with E-state index in [-0.39, 0.29) is 30.7 Å². The van der Waals surface area contributed by atoms with E-state index >= 15 is 0 Å². The van der Waals surface area contributed by atoms with E-state index in [0.717, 1.165) is 30.1 Å². The van der Waals surface area contributed by atoms with Crippen molar-refractivity contribution in [2.75, 3.05) is 19.6 Å². The molecule has 23 heavy (non-hydrogen) atoms. The molecule has 2 N–H and O–H groups in total. The minimum absolute atomic E-state index is 0. The van der Waals surface area contributed by atoms with Crippen molar-refractivity contribution in [2.45, 2.75) is 6.42 Å². The Morgan fingerprint density at radius 3 is 2.74 bits per heavy atom. The first-order chi connectivity index (χ1) is 10.3. The number of nitrogens with zero attached hydrogens (tertiary/aromatic N) is 1. The molecular formula is C16H19Cl2N3OS. The van der Waals surface area contributed by atoms with E-state index in [9.17, 15) is 4.79 Å². The predicted octanol–water partition coefficient (Wildman–Crippen LogP) is 3.30. The van der Waals surface area contributed by atoms with Crippen molar-refractivity contribution in [1.82, 2.24) is 15.6 Å². The van der Waals surface area contributed by atoms with Crippen LogP contribution in [0.2, 0.25) is 0 Å². The van der Waals surface area contributed by atoms with Crippen LogP contribution in [0.3, 0.4) is 0 Å². The quantitative estimate of drug-likeness (QED) is 0.810. The second-order valence-electron chi connectivity index (χ2n) is 4.89. The average molecular weight is 372 g/mol. The minimum atomic E-state index is -0.0471. The zero-order valence-electron chi connectivity index (χ0n) is 12.5. The number of hydrogen-bond donors (Lipinski definition) is 2. The predicted molar refractivity (Wildman–Crippen MR) is 99.9 cm³/mol. The molecule has 1 aromatic carbocycles. The van der Waals surface area contributed by atoms with Gasteiger partial charge in [-0.3, -0.25) is 4.79 Å². The number of hydrogen-bond acceptors (Lipinski definition) is 4. The van der Waals surface area contributed by atoms with Gasteiger partial charge in [-0.1, -0.05) is 42.0 Å². The molecule has 0 radical (unpaired) electrons. The Bertz CT molecular complexity index is 658. The molecule has 4 nitrogen and oxygen atoms in total. The smallest absolute Gasteiger partial charge is 0.263 e. The maximum absolute atomic E-state index is 12.1. The normalized spacial score (nSPS) is 13.3. The summed E-state index contributed by atoms with van der Waals surface area (Å²) in [6, 6.07) is 9.92. The van der Waals surface area contributed by atoms with Crippen LogP contribution < -0.4 is 10.6 Å². The van der Waals surface area contributed by atoms with Crippen molar-refractivity contribution in [3.63, 3.8) is 0 Å². The van der Waals surface area contributed by atoms with Crippen molar-refractivity contribution in [2.24, 2.45) is 0 Å². The molecule has 0 bridgehead atoms. The monoisotopic (exact) mass is 371 g/mol. The molecule has 0 spiro atoms. The van der Waals surface area contributed by atoms with Crippen LogP contribution in [-0.4, -0.2) is 30.5 Å². The number of thiazole rings is 1. The lowest BCUT2D eigenvalue weighted by Crippen LogP contribution is -2.29. The van der Waals surface area contributed by atoms with Crippen LogP contribution in [-0.2, 0) is 0 Å². The first-order valence-electron chi connectivity index (χ1n) is 7.01. The van der Waals surface area contributed by atoms with Gasteiger partial charge in [-0.05, 0) is 13.0 Å². The number of amides is 1. The fourth-order valence-corrected chi connectivity index (χ4v) is 3.04. The summed E-state index contributed by atoms with van der Waals surface area (Å²) in [5.74, 6) is -0.0471. The van der Waals surface area contributed by atoms with Crippen LogP contribution in [0.15, 0.2) is 48.2 Å². The second-order valence-corrected chi connectivity index (χ2v) is 5.93. The van der Waals surface area contributed by atoms with Gasteiger partial charge < -0.3 is 10.6 Å². The molecule has 2 aromatic rings. The van der Waals surface area contributed by atoms with E-state index in [0.29, 0.717) is 11.4 Å². The fourth-order valence-electron chi connectivity index (χ4n) is 2.20. The molecule has 124 valence electrons. The van der Waals surface area contributed by atoms with Gasteiger partial charge in [0, 0.05) is 18.7 Å². The van der Waals surface area contributed by atoms with Gasteiger partial charge in [-0.25, -0.2) is 4.98 Å². The Morgan fingerprint density at radius 2 is 2.04 bits per heavy atom. The van der Waals surface area contributed by atoms with Crippen LogP contribution in [0, 0.1) is 0 Å². The van der Waals surface area contributed by atoms with Crippen molar-refractivity contribution >= 4 is 42.1 Å². The van der Waals surface area contributed by atoms with Crippen molar-refractivity contribution < 1.29 is 4.79 Å². The number of aromatic nitrogens is 1. The van der Waals surface area contributed by atoms with Crippen LogP contribution in [0.25, 0.3) is 10.6 Å². The molecule has 1 aliphatic rings. The highest BCUT2D eigenvalue weighted by Gasteiger charge is 2.12. The molecule has 1 aliphatic heterocycles. The Morgan fingerprint density at radius 1 is 1.26 bits per heavy atom. The SMILES string of the molecule is Cl.Cl.O=C(NCC1=CCNCC1)c1cnc(-c2ccccc2)s1. The third-order valence-electron chi connectivity index (χ3n) is 3.38. The van der Waals surface area contributed by atoms with Gasteiger partial charge in [-0.15, -0.1) is 36.2 Å². The van der Waals surface area contributed by atoms with E-state index in [1.165, 1.54) is 16.9 Å². The van der Waals surface area contributed by atoms with Crippen LogP contribution in [0.5, 0.6) is 0 Å². The summed E-state index contributed by atoms with van der Waals surface area (Å²) in [5, 5.41) is 7.10. The third kappa shape index (κ3) is 5.32. The minimum Gasteiger partial charge on any atom is -0.348 e. The maximum atomic E-state index is 12.1. The summed E-state index contributed by atoms with van der Waals surface area (Å²) in [5.41, 5.74) is 2.33. The van der Waals surface area contributed by atoms with Gasteiger partial charge in [-0.2, -0.15) is 0 Å². The average Bonchev–Trinajstić information content (AvgIpc) is 3.04. The zero-order chi connectivity index (χ0) is 14.5. The highest BCUT2D eigenvalue weighted by atomic mass is 35.5. The molecule has 2 heterocycles. The molecule has 7 heteroatoms. The van der Waals surface area contributed by atoms with Crippen LogP contribution >= 0.6 is 36.2 Å². The largest absolute Gasteiger partial charge is 0.348 e. The summed E-state index contributed by atoms with van der Waals surface area (Å²) in [4.78, 5) is 17.1. The Labute approximate surface area is 152 Å². The Hall–Kier alpha value is -1.40. The van der Waals surface area contributed by atoms with E-state index in [4.69, 9.17) is 0 Å². The van der Waals surface area contributed by atoms with Gasteiger partial charge in [0.05, 0.1) is 6.20 Å². The van der Waals surface area contributed by atoms with Gasteiger partial charge in [0.2, 0.25) is 0 Å².